The summed E-state index contributed by atoms with van der Waals surface area (Å²) < 4.78 is 21.1. The lowest BCUT2D eigenvalue weighted by atomic mass is 10.1. The van der Waals surface area contributed by atoms with Crippen molar-refractivity contribution in [2.45, 2.75) is 26.6 Å². The molecule has 9 heteroatoms. The molecule has 0 atom stereocenters. The summed E-state index contributed by atoms with van der Waals surface area (Å²) in [6.45, 7) is 3.79. The summed E-state index contributed by atoms with van der Waals surface area (Å²) in [6.07, 6.45) is -1.49. The smallest absolute Gasteiger partial charge is 0.359 e. The fraction of sp³-hybridized carbons (Fsp3) is 0.231. The highest BCUT2D eigenvalue weighted by Crippen LogP contribution is 2.26. The standard InChI is InChI=1S/C26H25NO8/c1-3-32-25(28)24(26(29)33-4-2)35-23-15-9-20(10-16-23)19-7-13-22(14-8-19)34-17-18-5-11-21(12-6-18)27(30)31/h5-16,24H,3-4,17H2,1-2H3. The number of ether oxygens (including phenoxy) is 4. The second-order valence-electron chi connectivity index (χ2n) is 7.26. The molecule has 0 unspecified atom stereocenters. The minimum absolute atomic E-state index is 0.0341. The number of carbonyl (C=O) groups is 2. The van der Waals surface area contributed by atoms with Gasteiger partial charge in [-0.2, -0.15) is 0 Å². The van der Waals surface area contributed by atoms with Crippen molar-refractivity contribution in [1.29, 1.82) is 0 Å². The monoisotopic (exact) mass is 479 g/mol. The van der Waals surface area contributed by atoms with Crippen LogP contribution in [-0.2, 0) is 25.7 Å². The van der Waals surface area contributed by atoms with Gasteiger partial charge in [-0.05, 0) is 66.9 Å². The Morgan fingerprint density at radius 2 is 1.26 bits per heavy atom. The van der Waals surface area contributed by atoms with E-state index < -0.39 is 23.0 Å². The lowest BCUT2D eigenvalue weighted by Gasteiger charge is -2.16. The molecule has 0 N–H and O–H groups in total. The molecule has 0 aromatic heterocycles. The third-order valence-corrected chi connectivity index (χ3v) is 4.85. The van der Waals surface area contributed by atoms with Gasteiger partial charge in [0.2, 0.25) is 0 Å². The molecule has 35 heavy (non-hydrogen) atoms. The Kier molecular flexibility index (Phi) is 8.77. The summed E-state index contributed by atoms with van der Waals surface area (Å²) in [4.78, 5) is 34.5. The number of nitro benzene ring substituents is 1. The number of nitro groups is 1. The van der Waals surface area contributed by atoms with Crippen LogP contribution in [0.4, 0.5) is 5.69 Å². The van der Waals surface area contributed by atoms with Crippen LogP contribution in [0.15, 0.2) is 72.8 Å². The van der Waals surface area contributed by atoms with Gasteiger partial charge < -0.3 is 18.9 Å². The third kappa shape index (κ3) is 7.04. The molecule has 0 fully saturated rings. The minimum atomic E-state index is -1.49. The number of benzene rings is 3. The van der Waals surface area contributed by atoms with Crippen LogP contribution in [0.5, 0.6) is 11.5 Å². The second kappa shape index (κ2) is 12.2. The Morgan fingerprint density at radius 1 is 0.771 bits per heavy atom. The third-order valence-electron chi connectivity index (χ3n) is 4.85. The van der Waals surface area contributed by atoms with Crippen LogP contribution in [0.3, 0.4) is 0 Å². The van der Waals surface area contributed by atoms with Crippen LogP contribution < -0.4 is 9.47 Å². The van der Waals surface area contributed by atoms with Gasteiger partial charge in [0.05, 0.1) is 18.1 Å². The fourth-order valence-corrected chi connectivity index (χ4v) is 3.11. The van der Waals surface area contributed by atoms with E-state index in [0.29, 0.717) is 11.5 Å². The van der Waals surface area contributed by atoms with Crippen molar-refractivity contribution in [1.82, 2.24) is 0 Å². The molecule has 0 bridgehead atoms. The van der Waals surface area contributed by atoms with E-state index in [4.69, 9.17) is 18.9 Å². The zero-order valence-corrected chi connectivity index (χ0v) is 19.3. The largest absolute Gasteiger partial charge is 0.489 e. The van der Waals surface area contributed by atoms with Crippen LogP contribution in [0.1, 0.15) is 19.4 Å². The highest BCUT2D eigenvalue weighted by Gasteiger charge is 2.31. The van der Waals surface area contributed by atoms with Crippen molar-refractivity contribution in [2.24, 2.45) is 0 Å². The van der Waals surface area contributed by atoms with Gasteiger partial charge in [0.1, 0.15) is 18.1 Å². The van der Waals surface area contributed by atoms with Crippen molar-refractivity contribution in [3.8, 4) is 22.6 Å². The first kappa shape index (κ1) is 25.2. The molecule has 182 valence electrons. The first-order chi connectivity index (χ1) is 16.9. The van der Waals surface area contributed by atoms with Gasteiger partial charge in [-0.1, -0.05) is 24.3 Å². The second-order valence-corrected chi connectivity index (χ2v) is 7.26. The first-order valence-corrected chi connectivity index (χ1v) is 11.0. The van der Waals surface area contributed by atoms with E-state index in [-0.39, 0.29) is 25.5 Å². The normalized spacial score (nSPS) is 10.5. The van der Waals surface area contributed by atoms with E-state index >= 15 is 0 Å². The molecule has 0 radical (unpaired) electrons. The topological polar surface area (TPSA) is 114 Å². The van der Waals surface area contributed by atoms with Gasteiger partial charge >= 0.3 is 11.9 Å². The van der Waals surface area contributed by atoms with Crippen LogP contribution in [0.2, 0.25) is 0 Å². The van der Waals surface area contributed by atoms with Crippen LogP contribution in [0, 0.1) is 10.1 Å². The Balaban J connectivity index is 1.61. The maximum absolute atomic E-state index is 12.1. The van der Waals surface area contributed by atoms with Gasteiger partial charge in [-0.3, -0.25) is 10.1 Å². The molecule has 3 aromatic rings. The van der Waals surface area contributed by atoms with Gasteiger partial charge in [0.15, 0.2) is 0 Å². The van der Waals surface area contributed by atoms with E-state index in [1.54, 1.807) is 50.2 Å². The van der Waals surface area contributed by atoms with E-state index in [2.05, 4.69) is 0 Å². The van der Waals surface area contributed by atoms with Crippen LogP contribution in [-0.4, -0.2) is 36.2 Å². The highest BCUT2D eigenvalue weighted by atomic mass is 16.6. The summed E-state index contributed by atoms with van der Waals surface area (Å²) in [7, 11) is 0. The first-order valence-electron chi connectivity index (χ1n) is 11.0. The van der Waals surface area contributed by atoms with Crippen molar-refractivity contribution in [3.63, 3.8) is 0 Å². The van der Waals surface area contributed by atoms with Gasteiger partial charge in [0.25, 0.3) is 11.8 Å². The number of hydrogen-bond acceptors (Lipinski definition) is 8. The Bertz CT molecular complexity index is 1120. The van der Waals surface area contributed by atoms with Crippen molar-refractivity contribution < 1.29 is 33.5 Å². The summed E-state index contributed by atoms with van der Waals surface area (Å²) in [5.41, 5.74) is 2.67. The molecule has 3 rings (SSSR count). The molecule has 0 aliphatic carbocycles. The summed E-state index contributed by atoms with van der Waals surface area (Å²) in [5, 5.41) is 10.7. The zero-order chi connectivity index (χ0) is 25.2. The Morgan fingerprint density at radius 3 is 1.71 bits per heavy atom. The van der Waals surface area contributed by atoms with Gasteiger partial charge in [-0.15, -0.1) is 0 Å². The molecule has 0 saturated carbocycles. The Hall–Kier alpha value is -4.40. The van der Waals surface area contributed by atoms with Crippen molar-refractivity contribution in [3.05, 3.63) is 88.5 Å². The lowest BCUT2D eigenvalue weighted by Crippen LogP contribution is -2.38. The van der Waals surface area contributed by atoms with E-state index in [0.717, 1.165) is 16.7 Å². The predicted octanol–water partition coefficient (Wildman–Crippen LogP) is 4.71. The van der Waals surface area contributed by atoms with E-state index in [1.807, 2.05) is 24.3 Å². The summed E-state index contributed by atoms with van der Waals surface area (Å²) in [6, 6.07) is 20.5. The SMILES string of the molecule is CCOC(=O)C(Oc1ccc(-c2ccc(OCc3ccc([N+](=O)[O-])cc3)cc2)cc1)C(=O)OCC. The number of hydrogen-bond donors (Lipinski definition) is 0. The van der Waals surface area contributed by atoms with Gasteiger partial charge in [0, 0.05) is 12.1 Å². The maximum atomic E-state index is 12.1. The number of carbonyl (C=O) groups excluding carboxylic acids is 2. The molecule has 0 aliphatic rings. The maximum Gasteiger partial charge on any atom is 0.359 e. The summed E-state index contributed by atoms with van der Waals surface area (Å²) >= 11 is 0. The van der Waals surface area contributed by atoms with Crippen molar-refractivity contribution in [2.75, 3.05) is 13.2 Å². The summed E-state index contributed by atoms with van der Waals surface area (Å²) in [5.74, 6) is -0.639. The molecular weight excluding hydrogens is 454 g/mol. The molecule has 0 saturated heterocycles. The number of esters is 2. The van der Waals surface area contributed by atoms with E-state index in [9.17, 15) is 19.7 Å². The zero-order valence-electron chi connectivity index (χ0n) is 19.3. The van der Waals surface area contributed by atoms with E-state index in [1.165, 1.54) is 12.1 Å². The molecule has 3 aromatic carbocycles. The Labute approximate surface area is 202 Å². The quantitative estimate of drug-likeness (QED) is 0.168. The van der Waals surface area contributed by atoms with Crippen LogP contribution >= 0.6 is 0 Å². The molecule has 0 spiro atoms. The lowest BCUT2D eigenvalue weighted by molar-refractivity contribution is -0.384. The minimum Gasteiger partial charge on any atom is -0.489 e. The number of rotatable bonds is 11. The average molecular weight is 479 g/mol. The fourth-order valence-electron chi connectivity index (χ4n) is 3.11. The number of nitrogens with zero attached hydrogens (tertiary/aromatic N) is 1. The molecule has 0 amide bonds. The average Bonchev–Trinajstić information content (AvgIpc) is 2.87. The molecular formula is C26H25NO8. The highest BCUT2D eigenvalue weighted by molar-refractivity contribution is 5.98. The van der Waals surface area contributed by atoms with Crippen LogP contribution in [0.25, 0.3) is 11.1 Å². The predicted molar refractivity (Wildman–Crippen MR) is 127 cm³/mol. The number of non-ortho nitro benzene ring substituents is 1. The molecule has 9 nitrogen and oxygen atoms in total. The molecule has 0 aliphatic heterocycles. The molecule has 0 heterocycles. The van der Waals surface area contributed by atoms with Gasteiger partial charge in [-0.25, -0.2) is 9.59 Å². The van der Waals surface area contributed by atoms with Crippen molar-refractivity contribution >= 4 is 17.6 Å².